The molecule has 8 nitrogen and oxygen atoms in total. The lowest BCUT2D eigenvalue weighted by Crippen LogP contribution is -2.38. The summed E-state index contributed by atoms with van der Waals surface area (Å²) in [6.07, 6.45) is 3.95. The first-order valence-electron chi connectivity index (χ1n) is 10.0. The van der Waals surface area contributed by atoms with E-state index in [9.17, 15) is 18.4 Å². The van der Waals surface area contributed by atoms with Crippen molar-refractivity contribution < 1.29 is 18.4 Å². The van der Waals surface area contributed by atoms with Crippen molar-refractivity contribution in [2.75, 3.05) is 18.4 Å². The first kappa shape index (κ1) is 21.4. The molecule has 32 heavy (non-hydrogen) atoms. The summed E-state index contributed by atoms with van der Waals surface area (Å²) in [5, 5.41) is 6.46. The quantitative estimate of drug-likeness (QED) is 0.676. The van der Waals surface area contributed by atoms with Crippen LogP contribution in [0.25, 0.3) is 5.57 Å². The Bertz CT molecular complexity index is 1220. The zero-order valence-corrected chi connectivity index (χ0v) is 17.9. The van der Waals surface area contributed by atoms with Crippen molar-refractivity contribution >= 4 is 23.1 Å². The van der Waals surface area contributed by atoms with Crippen LogP contribution < -0.4 is 5.32 Å². The predicted octanol–water partition coefficient (Wildman–Crippen LogP) is 3.00. The smallest absolute Gasteiger partial charge is 0.290 e. The van der Waals surface area contributed by atoms with Crippen molar-refractivity contribution in [2.45, 2.75) is 13.3 Å². The Morgan fingerprint density at radius 2 is 1.88 bits per heavy atom. The van der Waals surface area contributed by atoms with E-state index in [0.717, 1.165) is 23.3 Å². The molecule has 0 spiro atoms. The molecule has 0 saturated carbocycles. The second-order valence-electron chi connectivity index (χ2n) is 7.69. The van der Waals surface area contributed by atoms with E-state index in [4.69, 9.17) is 0 Å². The third-order valence-corrected chi connectivity index (χ3v) is 5.54. The molecule has 2 aromatic heterocycles. The maximum atomic E-state index is 13.9. The predicted molar refractivity (Wildman–Crippen MR) is 114 cm³/mol. The highest BCUT2D eigenvalue weighted by molar-refractivity contribution is 6.03. The highest BCUT2D eigenvalue weighted by Gasteiger charge is 2.27. The fraction of sp³-hybridized carbons (Fsp3) is 0.273. The number of halogens is 2. The standard InChI is InChI=1S/C22H22F2N6O2/c1-13-7-9-30(22(32)20-25-8-10-28(20)2)12-14(13)18-11-17(27-29(18)3)21(31)26-19-15(23)5-4-6-16(19)24/h4-6,8,10-11H,7,9,12H2,1-3H3,(H,26,31). The summed E-state index contributed by atoms with van der Waals surface area (Å²) in [6, 6.07) is 4.90. The van der Waals surface area contributed by atoms with Gasteiger partial charge >= 0.3 is 0 Å². The van der Waals surface area contributed by atoms with Gasteiger partial charge in [-0.2, -0.15) is 5.10 Å². The Kier molecular flexibility index (Phi) is 5.60. The van der Waals surface area contributed by atoms with Gasteiger partial charge in [-0.25, -0.2) is 13.8 Å². The molecule has 1 aromatic carbocycles. The van der Waals surface area contributed by atoms with Gasteiger partial charge in [-0.15, -0.1) is 0 Å². The molecule has 2 amide bonds. The molecule has 3 heterocycles. The Hall–Kier alpha value is -3.82. The van der Waals surface area contributed by atoms with Crippen molar-refractivity contribution in [1.29, 1.82) is 0 Å². The first-order valence-corrected chi connectivity index (χ1v) is 10.0. The first-order chi connectivity index (χ1) is 15.3. The van der Waals surface area contributed by atoms with Crippen LogP contribution >= 0.6 is 0 Å². The van der Waals surface area contributed by atoms with Crippen LogP contribution in [0.15, 0.2) is 42.2 Å². The third kappa shape index (κ3) is 3.91. The summed E-state index contributed by atoms with van der Waals surface area (Å²) in [5.74, 6) is -2.31. The molecular formula is C22H22F2N6O2. The van der Waals surface area contributed by atoms with Gasteiger partial charge in [-0.05, 0) is 37.1 Å². The summed E-state index contributed by atoms with van der Waals surface area (Å²) in [5.41, 5.74) is 2.08. The minimum atomic E-state index is -0.872. The number of nitrogens with zero attached hydrogens (tertiary/aromatic N) is 5. The minimum Gasteiger partial charge on any atom is -0.331 e. The lowest BCUT2D eigenvalue weighted by Gasteiger charge is -2.29. The van der Waals surface area contributed by atoms with Gasteiger partial charge in [0.15, 0.2) is 11.5 Å². The number of nitrogens with one attached hydrogen (secondary N) is 1. The summed E-state index contributed by atoms with van der Waals surface area (Å²) in [7, 11) is 3.44. The van der Waals surface area contributed by atoms with E-state index in [2.05, 4.69) is 15.4 Å². The van der Waals surface area contributed by atoms with Crippen LogP contribution in [0.1, 0.15) is 40.1 Å². The molecule has 0 fully saturated rings. The Morgan fingerprint density at radius 3 is 2.53 bits per heavy atom. The van der Waals surface area contributed by atoms with E-state index >= 15 is 0 Å². The maximum Gasteiger partial charge on any atom is 0.290 e. The SMILES string of the molecule is CC1=C(c2cc(C(=O)Nc3c(F)cccc3F)nn2C)CN(C(=O)c2nccn2C)CC1. The van der Waals surface area contributed by atoms with Crippen LogP contribution in [0.5, 0.6) is 0 Å². The summed E-state index contributed by atoms with van der Waals surface area (Å²) >= 11 is 0. The van der Waals surface area contributed by atoms with Crippen molar-refractivity contribution in [1.82, 2.24) is 24.2 Å². The topological polar surface area (TPSA) is 85.1 Å². The average Bonchev–Trinajstić information content (AvgIpc) is 3.36. The number of amides is 2. The van der Waals surface area contributed by atoms with E-state index in [-0.39, 0.29) is 11.6 Å². The average molecular weight is 440 g/mol. The van der Waals surface area contributed by atoms with E-state index in [0.29, 0.717) is 31.0 Å². The molecule has 4 rings (SSSR count). The third-order valence-electron chi connectivity index (χ3n) is 5.54. The van der Waals surface area contributed by atoms with Gasteiger partial charge in [-0.1, -0.05) is 11.6 Å². The molecule has 0 atom stereocenters. The van der Waals surface area contributed by atoms with Gasteiger partial charge in [0.05, 0.1) is 5.69 Å². The fourth-order valence-corrected chi connectivity index (χ4v) is 3.70. The highest BCUT2D eigenvalue weighted by Crippen LogP contribution is 2.28. The van der Waals surface area contributed by atoms with Gasteiger partial charge in [0.1, 0.15) is 17.3 Å². The summed E-state index contributed by atoms with van der Waals surface area (Å²) < 4.78 is 31.0. The number of aromatic nitrogens is 4. The molecule has 0 aliphatic carbocycles. The zero-order chi connectivity index (χ0) is 23.0. The monoisotopic (exact) mass is 440 g/mol. The Morgan fingerprint density at radius 1 is 1.16 bits per heavy atom. The largest absolute Gasteiger partial charge is 0.331 e. The molecule has 0 unspecified atom stereocenters. The van der Waals surface area contributed by atoms with Crippen LogP contribution in [0, 0.1) is 11.6 Å². The lowest BCUT2D eigenvalue weighted by atomic mass is 9.98. The molecular weight excluding hydrogens is 418 g/mol. The van der Waals surface area contributed by atoms with Gasteiger partial charge in [0, 0.05) is 39.6 Å². The van der Waals surface area contributed by atoms with Crippen molar-refractivity contribution in [3.8, 4) is 0 Å². The van der Waals surface area contributed by atoms with E-state index in [1.54, 1.807) is 42.0 Å². The number of carbonyl (C=O) groups excluding carboxylic acids is 2. The molecule has 0 radical (unpaired) electrons. The van der Waals surface area contributed by atoms with Crippen molar-refractivity contribution in [2.24, 2.45) is 14.1 Å². The van der Waals surface area contributed by atoms with Crippen molar-refractivity contribution in [3.63, 3.8) is 0 Å². The van der Waals surface area contributed by atoms with Gasteiger partial charge in [0.2, 0.25) is 0 Å². The molecule has 1 aliphatic rings. The lowest BCUT2D eigenvalue weighted by molar-refractivity contribution is 0.0757. The summed E-state index contributed by atoms with van der Waals surface area (Å²) in [4.78, 5) is 31.3. The van der Waals surface area contributed by atoms with Gasteiger partial charge in [-0.3, -0.25) is 14.3 Å². The van der Waals surface area contributed by atoms with Crippen LogP contribution in [-0.4, -0.2) is 49.1 Å². The molecule has 1 aliphatic heterocycles. The zero-order valence-electron chi connectivity index (χ0n) is 17.9. The number of carbonyl (C=O) groups is 2. The maximum absolute atomic E-state index is 13.9. The van der Waals surface area contributed by atoms with Crippen LogP contribution in [0.3, 0.4) is 0 Å². The molecule has 1 N–H and O–H groups in total. The number of anilines is 1. The second kappa shape index (κ2) is 8.37. The van der Waals surface area contributed by atoms with E-state index in [1.807, 2.05) is 6.92 Å². The number of rotatable bonds is 4. The van der Waals surface area contributed by atoms with Gasteiger partial charge in [0.25, 0.3) is 11.8 Å². The molecule has 166 valence electrons. The minimum absolute atomic E-state index is 0.0120. The molecule has 0 saturated heterocycles. The van der Waals surface area contributed by atoms with E-state index < -0.39 is 23.2 Å². The van der Waals surface area contributed by atoms with E-state index in [1.165, 1.54) is 10.7 Å². The van der Waals surface area contributed by atoms with Crippen LogP contribution in [-0.2, 0) is 14.1 Å². The molecule has 10 heteroatoms. The fourth-order valence-electron chi connectivity index (χ4n) is 3.70. The van der Waals surface area contributed by atoms with Crippen LogP contribution in [0.4, 0.5) is 14.5 Å². The Labute approximate surface area is 183 Å². The highest BCUT2D eigenvalue weighted by atomic mass is 19.1. The number of para-hydroxylation sites is 1. The second-order valence-corrected chi connectivity index (χ2v) is 7.69. The summed E-state index contributed by atoms with van der Waals surface area (Å²) in [6.45, 7) is 2.86. The number of imidazole rings is 1. The van der Waals surface area contributed by atoms with Crippen molar-refractivity contribution in [3.05, 3.63) is 71.1 Å². The Balaban J connectivity index is 1.58. The van der Waals surface area contributed by atoms with Crippen LogP contribution in [0.2, 0.25) is 0 Å². The number of hydrogen-bond acceptors (Lipinski definition) is 4. The van der Waals surface area contributed by atoms with Gasteiger partial charge < -0.3 is 14.8 Å². The molecule has 3 aromatic rings. The normalized spacial score (nSPS) is 14.1. The number of hydrogen-bond donors (Lipinski definition) is 1. The molecule has 0 bridgehead atoms. The number of aryl methyl sites for hydroxylation is 2. The number of benzene rings is 1.